The number of aliphatic imine (C=N–C) groups is 1. The van der Waals surface area contributed by atoms with Crippen molar-refractivity contribution in [2.45, 2.75) is 0 Å². The molecule has 1 fully saturated rings. The van der Waals surface area contributed by atoms with Crippen molar-refractivity contribution in [2.24, 2.45) is 4.99 Å². The number of hydrogen-bond acceptors (Lipinski definition) is 7. The van der Waals surface area contributed by atoms with Gasteiger partial charge in [0.25, 0.3) is 5.91 Å². The van der Waals surface area contributed by atoms with Crippen molar-refractivity contribution in [1.82, 2.24) is 10.3 Å². The van der Waals surface area contributed by atoms with Crippen molar-refractivity contribution in [2.75, 3.05) is 36.5 Å². The zero-order valence-corrected chi connectivity index (χ0v) is 16.4. The van der Waals surface area contributed by atoms with E-state index >= 15 is 0 Å². The van der Waals surface area contributed by atoms with E-state index < -0.39 is 0 Å². The third kappa shape index (κ3) is 3.85. The monoisotopic (exact) mass is 405 g/mol. The van der Waals surface area contributed by atoms with E-state index in [1.807, 2.05) is 35.8 Å². The molecule has 7 nitrogen and oxygen atoms in total. The molecule has 2 N–H and O–H groups in total. The summed E-state index contributed by atoms with van der Waals surface area (Å²) in [5.74, 6) is 0.209. The van der Waals surface area contributed by atoms with E-state index in [0.717, 1.165) is 53.5 Å². The number of thiazole rings is 1. The number of anilines is 2. The van der Waals surface area contributed by atoms with Crippen LogP contribution in [0.5, 0.6) is 0 Å². The predicted molar refractivity (Wildman–Crippen MR) is 116 cm³/mol. The first-order chi connectivity index (χ1) is 14.2. The number of fused-ring (bicyclic) bond motifs is 1. The Morgan fingerprint density at radius 2 is 1.97 bits per heavy atom. The van der Waals surface area contributed by atoms with Gasteiger partial charge in [-0.3, -0.25) is 10.1 Å². The number of carbonyl (C=O) groups excluding carboxylic acids is 1. The van der Waals surface area contributed by atoms with E-state index in [0.29, 0.717) is 11.7 Å². The Hall–Kier alpha value is -3.23. The molecule has 8 heteroatoms. The lowest BCUT2D eigenvalue weighted by Gasteiger charge is -2.28. The number of nitrogens with zero attached hydrogens (tertiary/aromatic N) is 3. The number of aromatic nitrogens is 1. The molecule has 3 heterocycles. The highest BCUT2D eigenvalue weighted by atomic mass is 32.1. The van der Waals surface area contributed by atoms with Gasteiger partial charge in [0, 0.05) is 24.5 Å². The summed E-state index contributed by atoms with van der Waals surface area (Å²) >= 11 is 1.57. The molecular weight excluding hydrogens is 386 g/mol. The summed E-state index contributed by atoms with van der Waals surface area (Å²) in [6, 6.07) is 14.0. The molecule has 146 valence electrons. The van der Waals surface area contributed by atoms with Gasteiger partial charge in [0.2, 0.25) is 5.96 Å². The van der Waals surface area contributed by atoms with E-state index in [-0.39, 0.29) is 5.91 Å². The molecule has 2 aliphatic rings. The normalized spacial score (nSPS) is 18.2. The Labute approximate surface area is 171 Å². The number of morpholine rings is 1. The van der Waals surface area contributed by atoms with Crippen LogP contribution in [0.3, 0.4) is 0 Å². The van der Waals surface area contributed by atoms with Gasteiger partial charge in [0.1, 0.15) is 5.70 Å². The van der Waals surface area contributed by atoms with Gasteiger partial charge >= 0.3 is 0 Å². The predicted octanol–water partition coefficient (Wildman–Crippen LogP) is 3.07. The van der Waals surface area contributed by atoms with E-state index in [1.165, 1.54) is 0 Å². The second kappa shape index (κ2) is 7.65. The minimum absolute atomic E-state index is 0.221. The number of guanidine groups is 1. The van der Waals surface area contributed by atoms with E-state index in [9.17, 15) is 4.79 Å². The van der Waals surface area contributed by atoms with Crippen molar-refractivity contribution >= 4 is 50.9 Å². The first-order valence-electron chi connectivity index (χ1n) is 9.39. The highest BCUT2D eigenvalue weighted by Gasteiger charge is 2.20. The van der Waals surface area contributed by atoms with E-state index in [1.54, 1.807) is 17.4 Å². The maximum absolute atomic E-state index is 12.3. The lowest BCUT2D eigenvalue weighted by molar-refractivity contribution is -0.115. The van der Waals surface area contributed by atoms with Gasteiger partial charge in [-0.05, 0) is 48.0 Å². The van der Waals surface area contributed by atoms with Gasteiger partial charge in [-0.25, -0.2) is 9.98 Å². The summed E-state index contributed by atoms with van der Waals surface area (Å²) in [4.78, 5) is 23.3. The lowest BCUT2D eigenvalue weighted by Crippen LogP contribution is -2.36. The minimum Gasteiger partial charge on any atom is -0.378 e. The number of nitrogens with one attached hydrogen (secondary N) is 2. The molecule has 2 aliphatic heterocycles. The highest BCUT2D eigenvalue weighted by molar-refractivity contribution is 7.16. The molecule has 0 aliphatic carbocycles. The summed E-state index contributed by atoms with van der Waals surface area (Å²) in [5, 5.41) is 5.95. The number of amides is 1. The Bertz CT molecular complexity index is 1110. The molecule has 0 atom stereocenters. The lowest BCUT2D eigenvalue weighted by atomic mass is 10.2. The molecule has 2 aromatic carbocycles. The van der Waals surface area contributed by atoms with Crippen LogP contribution < -0.4 is 15.5 Å². The number of benzene rings is 2. The van der Waals surface area contributed by atoms with Gasteiger partial charge in [-0.15, -0.1) is 11.3 Å². The molecule has 0 spiro atoms. The van der Waals surface area contributed by atoms with Crippen LogP contribution in [0.4, 0.5) is 11.4 Å². The quantitative estimate of drug-likeness (QED) is 0.655. The molecule has 1 saturated heterocycles. The fraction of sp³-hybridized carbons (Fsp3) is 0.190. The average Bonchev–Trinajstić information content (AvgIpc) is 3.35. The molecule has 5 rings (SSSR count). The molecular formula is C21H19N5O2S. The van der Waals surface area contributed by atoms with Crippen LogP contribution in [0.25, 0.3) is 16.3 Å². The summed E-state index contributed by atoms with van der Waals surface area (Å²) in [5.41, 5.74) is 6.10. The molecule has 1 aromatic heterocycles. The Morgan fingerprint density at radius 3 is 2.79 bits per heavy atom. The van der Waals surface area contributed by atoms with Crippen molar-refractivity contribution < 1.29 is 9.53 Å². The molecule has 0 unspecified atom stereocenters. The van der Waals surface area contributed by atoms with Crippen molar-refractivity contribution in [3.63, 3.8) is 0 Å². The minimum atomic E-state index is -0.221. The molecule has 1 amide bonds. The zero-order valence-electron chi connectivity index (χ0n) is 15.6. The second-order valence-corrected chi connectivity index (χ2v) is 7.68. The van der Waals surface area contributed by atoms with Crippen LogP contribution in [0.2, 0.25) is 0 Å². The standard InChI is InChI=1S/C21H19N5O2S/c27-20-18(11-14-1-6-17-19(12-14)29-13-22-17)24-21(25-20)23-15-2-4-16(5-3-15)26-7-9-28-10-8-26/h1-6,11-13H,7-10H2,(H2,23,24,25,27)/b18-11-. The van der Waals surface area contributed by atoms with Crippen LogP contribution in [0, 0.1) is 0 Å². The van der Waals surface area contributed by atoms with Crippen LogP contribution in [-0.4, -0.2) is 43.2 Å². The van der Waals surface area contributed by atoms with E-state index in [4.69, 9.17) is 4.74 Å². The Kier molecular flexibility index (Phi) is 4.71. The van der Waals surface area contributed by atoms with Gasteiger partial charge in [0.15, 0.2) is 0 Å². The Balaban J connectivity index is 1.30. The first-order valence-corrected chi connectivity index (χ1v) is 10.3. The number of ether oxygens (including phenoxy) is 1. The molecule has 0 saturated carbocycles. The first kappa shape index (κ1) is 17.8. The number of rotatable bonds is 3. The fourth-order valence-electron chi connectivity index (χ4n) is 3.36. The largest absolute Gasteiger partial charge is 0.378 e. The number of hydrogen-bond donors (Lipinski definition) is 2. The average molecular weight is 405 g/mol. The summed E-state index contributed by atoms with van der Waals surface area (Å²) in [6.07, 6.45) is 1.78. The summed E-state index contributed by atoms with van der Waals surface area (Å²) < 4.78 is 6.48. The fourth-order valence-corrected chi connectivity index (χ4v) is 4.09. The van der Waals surface area contributed by atoms with Gasteiger partial charge in [-0.1, -0.05) is 6.07 Å². The Morgan fingerprint density at radius 1 is 1.14 bits per heavy atom. The third-order valence-corrected chi connectivity index (χ3v) is 5.65. The van der Waals surface area contributed by atoms with Gasteiger partial charge in [-0.2, -0.15) is 0 Å². The van der Waals surface area contributed by atoms with Crippen LogP contribution in [0.1, 0.15) is 5.56 Å². The second-order valence-electron chi connectivity index (χ2n) is 6.79. The van der Waals surface area contributed by atoms with E-state index in [2.05, 4.69) is 37.6 Å². The summed E-state index contributed by atoms with van der Waals surface area (Å²) in [6.45, 7) is 3.32. The highest BCUT2D eigenvalue weighted by Crippen LogP contribution is 2.22. The SMILES string of the molecule is O=C1NC(Nc2ccc(N3CCOCC3)cc2)=N/C1=C\c1ccc2ncsc2c1. The number of carbonyl (C=O) groups is 1. The third-order valence-electron chi connectivity index (χ3n) is 4.86. The van der Waals surface area contributed by atoms with Crippen molar-refractivity contribution in [3.8, 4) is 0 Å². The molecule has 0 radical (unpaired) electrons. The van der Waals surface area contributed by atoms with Crippen LogP contribution in [-0.2, 0) is 9.53 Å². The van der Waals surface area contributed by atoms with Crippen LogP contribution >= 0.6 is 11.3 Å². The van der Waals surface area contributed by atoms with Crippen LogP contribution in [0.15, 0.2) is 58.7 Å². The maximum atomic E-state index is 12.3. The summed E-state index contributed by atoms with van der Waals surface area (Å²) in [7, 11) is 0. The molecule has 3 aromatic rings. The smallest absolute Gasteiger partial charge is 0.276 e. The van der Waals surface area contributed by atoms with Gasteiger partial charge in [0.05, 0.1) is 28.9 Å². The maximum Gasteiger partial charge on any atom is 0.276 e. The zero-order chi connectivity index (χ0) is 19.6. The van der Waals surface area contributed by atoms with Crippen molar-refractivity contribution in [3.05, 3.63) is 59.2 Å². The van der Waals surface area contributed by atoms with Gasteiger partial charge < -0.3 is 15.0 Å². The van der Waals surface area contributed by atoms with Crippen molar-refractivity contribution in [1.29, 1.82) is 0 Å². The molecule has 29 heavy (non-hydrogen) atoms. The molecule has 0 bridgehead atoms. The topological polar surface area (TPSA) is 78.9 Å².